The zero-order valence-corrected chi connectivity index (χ0v) is 12.1. The fraction of sp³-hybridized carbons (Fsp3) is 0.375. The van der Waals surface area contributed by atoms with E-state index in [1.807, 2.05) is 51.1 Å². The molecule has 1 aromatic heterocycles. The molecular weight excluding hydrogens is 252 g/mol. The number of carbonyl (C=O) groups excluding carboxylic acids is 1. The normalized spacial score (nSPS) is 13.2. The summed E-state index contributed by atoms with van der Waals surface area (Å²) in [5, 5.41) is 1.04. The summed E-state index contributed by atoms with van der Waals surface area (Å²) < 4.78 is 5.27. The van der Waals surface area contributed by atoms with Crippen molar-refractivity contribution in [2.75, 3.05) is 0 Å². The molecule has 1 aromatic carbocycles. The Morgan fingerprint density at radius 3 is 2.75 bits per heavy atom. The van der Waals surface area contributed by atoms with E-state index in [0.29, 0.717) is 6.42 Å². The molecule has 20 heavy (non-hydrogen) atoms. The quantitative estimate of drug-likeness (QED) is 0.872. The van der Waals surface area contributed by atoms with Gasteiger partial charge in [0.1, 0.15) is 11.6 Å². The van der Waals surface area contributed by atoms with Crippen molar-refractivity contribution in [3.63, 3.8) is 0 Å². The number of rotatable bonds is 3. The average molecular weight is 272 g/mol. The van der Waals surface area contributed by atoms with Gasteiger partial charge in [0, 0.05) is 11.6 Å². The number of nitrogens with zero attached hydrogens (tertiary/aromatic N) is 1. The van der Waals surface area contributed by atoms with Crippen LogP contribution in [-0.4, -0.2) is 22.6 Å². The van der Waals surface area contributed by atoms with Crippen LogP contribution in [0.2, 0.25) is 0 Å². The third-order valence-corrected chi connectivity index (χ3v) is 2.81. The van der Waals surface area contributed by atoms with Gasteiger partial charge in [-0.05, 0) is 44.9 Å². The van der Waals surface area contributed by atoms with Crippen LogP contribution in [0, 0.1) is 0 Å². The number of esters is 1. The van der Waals surface area contributed by atoms with Crippen LogP contribution < -0.4 is 5.73 Å². The SMILES string of the molecule is CC(C)(C)OC(=O)[C@@H](N)Cc1cnc2ccccc2c1. The van der Waals surface area contributed by atoms with Gasteiger partial charge in [-0.25, -0.2) is 0 Å². The van der Waals surface area contributed by atoms with Gasteiger partial charge >= 0.3 is 5.97 Å². The predicted molar refractivity (Wildman–Crippen MR) is 79.3 cm³/mol. The zero-order valence-electron chi connectivity index (χ0n) is 12.1. The van der Waals surface area contributed by atoms with Crippen molar-refractivity contribution in [3.05, 3.63) is 42.1 Å². The topological polar surface area (TPSA) is 65.2 Å². The second-order valence-electron chi connectivity index (χ2n) is 5.88. The molecular formula is C16H20N2O2. The van der Waals surface area contributed by atoms with E-state index in [4.69, 9.17) is 10.5 Å². The van der Waals surface area contributed by atoms with Crippen molar-refractivity contribution in [2.45, 2.75) is 38.8 Å². The number of benzene rings is 1. The first kappa shape index (κ1) is 14.5. The van der Waals surface area contributed by atoms with Gasteiger partial charge in [0.05, 0.1) is 5.52 Å². The maximum absolute atomic E-state index is 11.9. The molecule has 0 spiro atoms. The molecule has 0 fully saturated rings. The second-order valence-corrected chi connectivity index (χ2v) is 5.88. The largest absolute Gasteiger partial charge is 0.459 e. The number of ether oxygens (including phenoxy) is 1. The lowest BCUT2D eigenvalue weighted by Crippen LogP contribution is -2.38. The summed E-state index contributed by atoms with van der Waals surface area (Å²) in [6, 6.07) is 9.19. The van der Waals surface area contributed by atoms with E-state index in [9.17, 15) is 4.79 Å². The number of aromatic nitrogens is 1. The predicted octanol–water partition coefficient (Wildman–Crippen LogP) is 2.45. The highest BCUT2D eigenvalue weighted by molar-refractivity contribution is 5.79. The van der Waals surface area contributed by atoms with Crippen LogP contribution in [0.4, 0.5) is 0 Å². The number of hydrogen-bond donors (Lipinski definition) is 1. The fourth-order valence-electron chi connectivity index (χ4n) is 1.94. The average Bonchev–Trinajstić information content (AvgIpc) is 2.36. The van der Waals surface area contributed by atoms with Gasteiger partial charge in [0.15, 0.2) is 0 Å². The number of nitrogens with two attached hydrogens (primary N) is 1. The Bertz CT molecular complexity index is 617. The van der Waals surface area contributed by atoms with E-state index in [2.05, 4.69) is 4.98 Å². The Balaban J connectivity index is 2.09. The van der Waals surface area contributed by atoms with E-state index in [0.717, 1.165) is 16.5 Å². The summed E-state index contributed by atoms with van der Waals surface area (Å²) in [4.78, 5) is 16.2. The lowest BCUT2D eigenvalue weighted by atomic mass is 10.1. The first-order chi connectivity index (χ1) is 9.35. The summed E-state index contributed by atoms with van der Waals surface area (Å²) >= 11 is 0. The van der Waals surface area contributed by atoms with Gasteiger partial charge in [-0.1, -0.05) is 18.2 Å². The molecule has 0 radical (unpaired) electrons. The molecule has 2 N–H and O–H groups in total. The minimum atomic E-state index is -0.669. The molecule has 0 aliphatic rings. The molecule has 1 atom stereocenters. The van der Waals surface area contributed by atoms with Gasteiger partial charge in [-0.15, -0.1) is 0 Å². The molecule has 106 valence electrons. The molecule has 4 nitrogen and oxygen atoms in total. The molecule has 1 heterocycles. The molecule has 0 saturated heterocycles. The lowest BCUT2D eigenvalue weighted by molar-refractivity contribution is -0.156. The Hall–Kier alpha value is -1.94. The van der Waals surface area contributed by atoms with Crippen LogP contribution in [0.3, 0.4) is 0 Å². The van der Waals surface area contributed by atoms with Crippen molar-refractivity contribution in [1.82, 2.24) is 4.98 Å². The molecule has 0 aliphatic carbocycles. The van der Waals surface area contributed by atoms with Gasteiger partial charge in [0.25, 0.3) is 0 Å². The fourth-order valence-corrected chi connectivity index (χ4v) is 1.94. The first-order valence-electron chi connectivity index (χ1n) is 6.67. The van der Waals surface area contributed by atoms with Crippen molar-refractivity contribution < 1.29 is 9.53 Å². The Labute approximate surface area is 119 Å². The van der Waals surface area contributed by atoms with Crippen LogP contribution in [0.25, 0.3) is 10.9 Å². The smallest absolute Gasteiger partial charge is 0.323 e. The molecule has 4 heteroatoms. The van der Waals surface area contributed by atoms with Crippen LogP contribution in [0.5, 0.6) is 0 Å². The Morgan fingerprint density at radius 2 is 2.05 bits per heavy atom. The Morgan fingerprint density at radius 1 is 1.35 bits per heavy atom. The maximum atomic E-state index is 11.9. The third kappa shape index (κ3) is 3.78. The van der Waals surface area contributed by atoms with Crippen LogP contribution in [0.15, 0.2) is 36.5 Å². The van der Waals surface area contributed by atoms with Gasteiger partial charge in [-0.2, -0.15) is 0 Å². The molecule has 0 unspecified atom stereocenters. The molecule has 0 amide bonds. The summed E-state index contributed by atoms with van der Waals surface area (Å²) in [7, 11) is 0. The Kier molecular flexibility index (Phi) is 4.04. The van der Waals surface area contributed by atoms with E-state index < -0.39 is 11.6 Å². The number of carbonyl (C=O) groups is 1. The van der Waals surface area contributed by atoms with E-state index in [-0.39, 0.29) is 5.97 Å². The van der Waals surface area contributed by atoms with Crippen molar-refractivity contribution in [2.24, 2.45) is 5.73 Å². The monoisotopic (exact) mass is 272 g/mol. The number of pyridine rings is 1. The van der Waals surface area contributed by atoms with E-state index >= 15 is 0 Å². The molecule has 0 aliphatic heterocycles. The number of hydrogen-bond acceptors (Lipinski definition) is 4. The van der Waals surface area contributed by atoms with E-state index in [1.165, 1.54) is 0 Å². The van der Waals surface area contributed by atoms with E-state index in [1.54, 1.807) is 6.20 Å². The number of para-hydroxylation sites is 1. The summed E-state index contributed by atoms with van der Waals surface area (Å²) in [5.41, 5.74) is 7.25. The number of fused-ring (bicyclic) bond motifs is 1. The second kappa shape index (κ2) is 5.59. The maximum Gasteiger partial charge on any atom is 0.323 e. The lowest BCUT2D eigenvalue weighted by Gasteiger charge is -2.22. The first-order valence-corrected chi connectivity index (χ1v) is 6.67. The molecule has 2 aromatic rings. The molecule has 2 rings (SSSR count). The third-order valence-electron chi connectivity index (χ3n) is 2.81. The molecule has 0 saturated carbocycles. The highest BCUT2D eigenvalue weighted by Gasteiger charge is 2.22. The van der Waals surface area contributed by atoms with Gasteiger partial charge in [-0.3, -0.25) is 9.78 Å². The van der Waals surface area contributed by atoms with Gasteiger partial charge < -0.3 is 10.5 Å². The van der Waals surface area contributed by atoms with Gasteiger partial charge in [0.2, 0.25) is 0 Å². The zero-order chi connectivity index (χ0) is 14.8. The minimum Gasteiger partial charge on any atom is -0.459 e. The minimum absolute atomic E-state index is 0.384. The van der Waals surface area contributed by atoms with Crippen molar-refractivity contribution in [3.8, 4) is 0 Å². The van der Waals surface area contributed by atoms with Crippen molar-refractivity contribution in [1.29, 1.82) is 0 Å². The highest BCUT2D eigenvalue weighted by atomic mass is 16.6. The summed E-state index contributed by atoms with van der Waals surface area (Å²) in [6.07, 6.45) is 2.18. The van der Waals surface area contributed by atoms with Crippen LogP contribution >= 0.6 is 0 Å². The summed E-state index contributed by atoms with van der Waals surface area (Å²) in [6.45, 7) is 5.49. The van der Waals surface area contributed by atoms with Crippen LogP contribution in [0.1, 0.15) is 26.3 Å². The standard InChI is InChI=1S/C16H20N2O2/c1-16(2,3)20-15(19)13(17)9-11-8-12-6-4-5-7-14(12)18-10-11/h4-8,10,13H,9,17H2,1-3H3/t13-/m0/s1. The van der Waals surface area contributed by atoms with Crippen LogP contribution in [-0.2, 0) is 16.0 Å². The molecule has 0 bridgehead atoms. The summed E-state index contributed by atoms with van der Waals surface area (Å²) in [5.74, 6) is -0.384. The van der Waals surface area contributed by atoms with Crippen molar-refractivity contribution >= 4 is 16.9 Å². The highest BCUT2D eigenvalue weighted by Crippen LogP contribution is 2.15.